The maximum Gasteiger partial charge on any atom is 0.124 e. The lowest BCUT2D eigenvalue weighted by Gasteiger charge is -2.19. The number of hydrogen-bond acceptors (Lipinski definition) is 3. The molecule has 0 radical (unpaired) electrons. The molecule has 1 atom stereocenters. The molecule has 2 rings (SSSR count). The first-order chi connectivity index (χ1) is 8.70. The third kappa shape index (κ3) is 3.46. The van der Waals surface area contributed by atoms with Crippen molar-refractivity contribution < 1.29 is 9.84 Å². The quantitative estimate of drug-likeness (QED) is 0.907. The summed E-state index contributed by atoms with van der Waals surface area (Å²) in [6.07, 6.45) is 2.87. The van der Waals surface area contributed by atoms with Gasteiger partial charge in [0.25, 0.3) is 0 Å². The number of ether oxygens (including phenoxy) is 1. The Labute approximate surface area is 117 Å². The number of aliphatic hydroxyl groups excluding tert-OH is 1. The molecule has 100 valence electrons. The molecule has 1 aromatic carbocycles. The van der Waals surface area contributed by atoms with Gasteiger partial charge < -0.3 is 14.7 Å². The predicted molar refractivity (Wildman–Crippen MR) is 75.9 cm³/mol. The minimum Gasteiger partial charge on any atom is -0.496 e. The number of benzene rings is 1. The van der Waals surface area contributed by atoms with Gasteiger partial charge in [0.05, 0.1) is 13.2 Å². The Bertz CT molecular complexity index is 391. The second-order valence-corrected chi connectivity index (χ2v) is 5.66. The van der Waals surface area contributed by atoms with Crippen LogP contribution in [0.15, 0.2) is 22.7 Å². The molecule has 0 bridgehead atoms. The first kappa shape index (κ1) is 13.8. The number of hydrogen-bond donors (Lipinski definition) is 1. The maximum absolute atomic E-state index is 10.3. The third-order valence-electron chi connectivity index (χ3n) is 3.47. The third-order valence-corrected chi connectivity index (χ3v) is 3.96. The Hall–Kier alpha value is -0.580. The van der Waals surface area contributed by atoms with Gasteiger partial charge in [0.2, 0.25) is 0 Å². The lowest BCUT2D eigenvalue weighted by atomic mass is 10.1. The zero-order valence-electron chi connectivity index (χ0n) is 10.7. The molecule has 1 fully saturated rings. The van der Waals surface area contributed by atoms with E-state index in [1.54, 1.807) is 7.11 Å². The Morgan fingerprint density at radius 2 is 2.11 bits per heavy atom. The monoisotopic (exact) mass is 313 g/mol. The van der Waals surface area contributed by atoms with E-state index in [2.05, 4.69) is 20.8 Å². The van der Waals surface area contributed by atoms with Crippen molar-refractivity contribution in [3.63, 3.8) is 0 Å². The van der Waals surface area contributed by atoms with Gasteiger partial charge in [0.15, 0.2) is 0 Å². The van der Waals surface area contributed by atoms with Crippen LogP contribution in [0.5, 0.6) is 5.75 Å². The molecule has 0 aromatic heterocycles. The van der Waals surface area contributed by atoms with E-state index in [1.165, 1.54) is 25.9 Å². The fourth-order valence-corrected chi connectivity index (χ4v) is 2.81. The lowest BCUT2D eigenvalue weighted by molar-refractivity contribution is 0.145. The smallest absolute Gasteiger partial charge is 0.124 e. The average molecular weight is 314 g/mol. The fraction of sp³-hybridized carbons (Fsp3) is 0.571. The predicted octanol–water partition coefficient (Wildman–Crippen LogP) is 2.98. The second-order valence-electron chi connectivity index (χ2n) is 4.74. The van der Waals surface area contributed by atoms with Crippen LogP contribution in [0.25, 0.3) is 0 Å². The van der Waals surface area contributed by atoms with Gasteiger partial charge >= 0.3 is 0 Å². The molecule has 1 aliphatic rings. The number of likely N-dealkylation sites (tertiary alicyclic amines) is 1. The molecular formula is C14H20BrNO2. The van der Waals surface area contributed by atoms with Crippen LogP contribution in [0.3, 0.4) is 0 Å². The topological polar surface area (TPSA) is 32.7 Å². The van der Waals surface area contributed by atoms with Crippen molar-refractivity contribution in [1.29, 1.82) is 0 Å². The molecule has 1 aliphatic heterocycles. The summed E-state index contributed by atoms with van der Waals surface area (Å²) >= 11 is 3.43. The summed E-state index contributed by atoms with van der Waals surface area (Å²) in [7, 11) is 1.64. The number of aliphatic hydroxyl groups is 1. The van der Waals surface area contributed by atoms with Gasteiger partial charge in [0, 0.05) is 16.6 Å². The number of rotatable bonds is 5. The highest BCUT2D eigenvalue weighted by Gasteiger charge is 2.17. The fourth-order valence-electron chi connectivity index (χ4n) is 2.43. The van der Waals surface area contributed by atoms with Crippen molar-refractivity contribution in [2.24, 2.45) is 0 Å². The number of halogens is 1. The van der Waals surface area contributed by atoms with Crippen LogP contribution in [-0.4, -0.2) is 36.8 Å². The highest BCUT2D eigenvalue weighted by Crippen LogP contribution is 2.30. The van der Waals surface area contributed by atoms with Crippen molar-refractivity contribution in [2.75, 3.05) is 26.7 Å². The lowest BCUT2D eigenvalue weighted by Crippen LogP contribution is -2.22. The Kier molecular flexibility index (Phi) is 5.03. The molecule has 0 saturated carbocycles. The Morgan fingerprint density at radius 3 is 2.78 bits per heavy atom. The number of nitrogens with zero attached hydrogens (tertiary/aromatic N) is 1. The van der Waals surface area contributed by atoms with Crippen molar-refractivity contribution in [2.45, 2.75) is 25.4 Å². The van der Waals surface area contributed by atoms with Crippen LogP contribution < -0.4 is 4.74 Å². The van der Waals surface area contributed by atoms with E-state index in [9.17, 15) is 5.11 Å². The molecule has 1 saturated heterocycles. The Morgan fingerprint density at radius 1 is 1.39 bits per heavy atom. The average Bonchev–Trinajstić information content (AvgIpc) is 2.89. The standard InChI is InChI=1S/C14H20BrNO2/c1-18-14-5-4-11(15)10-12(14)13(17)6-9-16-7-2-3-8-16/h4-5,10,13,17H,2-3,6-9H2,1H3. The van der Waals surface area contributed by atoms with Gasteiger partial charge in [-0.2, -0.15) is 0 Å². The van der Waals surface area contributed by atoms with E-state index in [-0.39, 0.29) is 0 Å². The summed E-state index contributed by atoms with van der Waals surface area (Å²) in [5.74, 6) is 0.757. The van der Waals surface area contributed by atoms with Crippen molar-refractivity contribution in [3.8, 4) is 5.75 Å². The number of methoxy groups -OCH3 is 1. The van der Waals surface area contributed by atoms with E-state index in [0.29, 0.717) is 0 Å². The summed E-state index contributed by atoms with van der Waals surface area (Å²) in [6.45, 7) is 3.29. The highest BCUT2D eigenvalue weighted by atomic mass is 79.9. The SMILES string of the molecule is COc1ccc(Br)cc1C(O)CCN1CCCC1. The molecule has 0 aliphatic carbocycles. The molecule has 0 amide bonds. The largest absolute Gasteiger partial charge is 0.496 e. The summed E-state index contributed by atoms with van der Waals surface area (Å²) in [5, 5.41) is 10.3. The zero-order chi connectivity index (χ0) is 13.0. The molecule has 1 heterocycles. The normalized spacial score (nSPS) is 17.9. The van der Waals surface area contributed by atoms with Crippen LogP contribution in [0, 0.1) is 0 Å². The molecule has 18 heavy (non-hydrogen) atoms. The molecule has 4 heteroatoms. The molecular weight excluding hydrogens is 294 g/mol. The molecule has 1 unspecified atom stereocenters. The van der Waals surface area contributed by atoms with Gasteiger partial charge in [-0.25, -0.2) is 0 Å². The highest BCUT2D eigenvalue weighted by molar-refractivity contribution is 9.10. The maximum atomic E-state index is 10.3. The summed E-state index contributed by atoms with van der Waals surface area (Å²) < 4.78 is 6.27. The van der Waals surface area contributed by atoms with Gasteiger partial charge in [-0.15, -0.1) is 0 Å². The van der Waals surface area contributed by atoms with Crippen LogP contribution in [-0.2, 0) is 0 Å². The van der Waals surface area contributed by atoms with Gasteiger partial charge in [0.1, 0.15) is 5.75 Å². The van der Waals surface area contributed by atoms with Crippen LogP contribution in [0.1, 0.15) is 30.9 Å². The van der Waals surface area contributed by atoms with Crippen molar-refractivity contribution >= 4 is 15.9 Å². The Balaban J connectivity index is 1.98. The van der Waals surface area contributed by atoms with Crippen LogP contribution >= 0.6 is 15.9 Å². The van der Waals surface area contributed by atoms with E-state index < -0.39 is 6.10 Å². The van der Waals surface area contributed by atoms with Crippen LogP contribution in [0.2, 0.25) is 0 Å². The zero-order valence-corrected chi connectivity index (χ0v) is 12.3. The first-order valence-electron chi connectivity index (χ1n) is 6.44. The second kappa shape index (κ2) is 6.55. The molecule has 3 nitrogen and oxygen atoms in total. The van der Waals surface area contributed by atoms with Gasteiger partial charge in [-0.3, -0.25) is 0 Å². The van der Waals surface area contributed by atoms with Gasteiger partial charge in [-0.05, 0) is 50.6 Å². The van der Waals surface area contributed by atoms with E-state index in [1.807, 2.05) is 18.2 Å². The molecule has 0 spiro atoms. The first-order valence-corrected chi connectivity index (χ1v) is 7.24. The summed E-state index contributed by atoms with van der Waals surface area (Å²) in [4.78, 5) is 2.41. The van der Waals surface area contributed by atoms with E-state index >= 15 is 0 Å². The van der Waals surface area contributed by atoms with Crippen molar-refractivity contribution in [1.82, 2.24) is 4.90 Å². The summed E-state index contributed by atoms with van der Waals surface area (Å²) in [5.41, 5.74) is 0.867. The van der Waals surface area contributed by atoms with Crippen molar-refractivity contribution in [3.05, 3.63) is 28.2 Å². The molecule has 1 aromatic rings. The van der Waals surface area contributed by atoms with Crippen LogP contribution in [0.4, 0.5) is 0 Å². The van der Waals surface area contributed by atoms with Gasteiger partial charge in [-0.1, -0.05) is 15.9 Å². The van der Waals surface area contributed by atoms with E-state index in [0.717, 1.165) is 28.8 Å². The molecule has 1 N–H and O–H groups in total. The van der Waals surface area contributed by atoms with E-state index in [4.69, 9.17) is 4.74 Å². The minimum atomic E-state index is -0.460. The summed E-state index contributed by atoms with van der Waals surface area (Å²) in [6, 6.07) is 5.75. The minimum absolute atomic E-state index is 0.460.